The van der Waals surface area contributed by atoms with E-state index in [0.717, 1.165) is 42.5 Å². The molecule has 0 aromatic carbocycles. The van der Waals surface area contributed by atoms with Crippen LogP contribution in [0, 0.1) is 0 Å². The van der Waals surface area contributed by atoms with Crippen LogP contribution in [0.4, 0.5) is 5.82 Å². The largest absolute Gasteiger partial charge is 0.385 e. The number of nitrogens with one attached hydrogen (secondary N) is 1. The molecule has 1 aromatic rings. The number of pyridine rings is 1. The minimum absolute atomic E-state index is 0.704. The van der Waals surface area contributed by atoms with Crippen LogP contribution in [0.2, 0.25) is 5.02 Å². The fourth-order valence-corrected chi connectivity index (χ4v) is 2.28. The molecule has 0 unspecified atom stereocenters. The van der Waals surface area contributed by atoms with E-state index in [1.54, 1.807) is 7.11 Å². The molecule has 0 spiro atoms. The Hall–Kier alpha value is -0.840. The highest BCUT2D eigenvalue weighted by atomic mass is 35.5. The number of methoxy groups -OCH3 is 1. The molecule has 4 nitrogen and oxygen atoms in total. The van der Waals surface area contributed by atoms with E-state index in [1.165, 1.54) is 12.8 Å². The first-order valence-electron chi connectivity index (χ1n) is 6.78. The SMILES string of the molecule is COCCCN(C)c1ncc(CNC2CC2)cc1Cl. The van der Waals surface area contributed by atoms with Crippen molar-refractivity contribution in [1.82, 2.24) is 10.3 Å². The second-order valence-corrected chi connectivity index (χ2v) is 5.48. The highest BCUT2D eigenvalue weighted by molar-refractivity contribution is 6.33. The molecule has 1 N–H and O–H groups in total. The Morgan fingerprint density at radius 1 is 1.53 bits per heavy atom. The summed E-state index contributed by atoms with van der Waals surface area (Å²) in [7, 11) is 3.72. The van der Waals surface area contributed by atoms with E-state index >= 15 is 0 Å². The molecular weight excluding hydrogens is 262 g/mol. The van der Waals surface area contributed by atoms with Crippen molar-refractivity contribution in [2.45, 2.75) is 31.8 Å². The highest BCUT2D eigenvalue weighted by Gasteiger charge is 2.20. The molecule has 0 bridgehead atoms. The van der Waals surface area contributed by atoms with Crippen LogP contribution < -0.4 is 10.2 Å². The van der Waals surface area contributed by atoms with E-state index < -0.39 is 0 Å². The van der Waals surface area contributed by atoms with Crippen molar-refractivity contribution in [2.75, 3.05) is 32.2 Å². The summed E-state index contributed by atoms with van der Waals surface area (Å²) in [6.45, 7) is 2.50. The number of ether oxygens (including phenoxy) is 1. The average Bonchev–Trinajstić information content (AvgIpc) is 3.20. The third kappa shape index (κ3) is 4.64. The highest BCUT2D eigenvalue weighted by Crippen LogP contribution is 2.24. The maximum absolute atomic E-state index is 6.30. The molecule has 0 radical (unpaired) electrons. The van der Waals surface area contributed by atoms with Gasteiger partial charge >= 0.3 is 0 Å². The first kappa shape index (κ1) is 14.6. The first-order chi connectivity index (χ1) is 9.20. The Kier molecular flexibility index (Phi) is 5.43. The summed E-state index contributed by atoms with van der Waals surface area (Å²) in [5.74, 6) is 0.841. The molecule has 1 saturated carbocycles. The van der Waals surface area contributed by atoms with Gasteiger partial charge in [0.05, 0.1) is 5.02 Å². The number of hydrogen-bond acceptors (Lipinski definition) is 4. The molecule has 0 atom stereocenters. The third-order valence-electron chi connectivity index (χ3n) is 3.25. The molecule has 1 aliphatic carbocycles. The van der Waals surface area contributed by atoms with Gasteiger partial charge in [0, 0.05) is 46.1 Å². The van der Waals surface area contributed by atoms with Crippen LogP contribution in [0.1, 0.15) is 24.8 Å². The van der Waals surface area contributed by atoms with Gasteiger partial charge in [-0.3, -0.25) is 0 Å². The summed E-state index contributed by atoms with van der Waals surface area (Å²) >= 11 is 6.30. The molecule has 106 valence electrons. The van der Waals surface area contributed by atoms with Crippen LogP contribution in [-0.4, -0.2) is 38.3 Å². The van der Waals surface area contributed by atoms with E-state index in [9.17, 15) is 0 Å². The summed E-state index contributed by atoms with van der Waals surface area (Å²) in [6.07, 6.45) is 5.46. The molecule has 2 rings (SSSR count). The molecule has 0 amide bonds. The predicted octanol–water partition coefficient (Wildman–Crippen LogP) is 2.46. The van der Waals surface area contributed by atoms with Crippen molar-refractivity contribution in [3.8, 4) is 0 Å². The van der Waals surface area contributed by atoms with Gasteiger partial charge < -0.3 is 15.0 Å². The monoisotopic (exact) mass is 283 g/mol. The number of halogens is 1. The number of aromatic nitrogens is 1. The lowest BCUT2D eigenvalue weighted by molar-refractivity contribution is 0.196. The Labute approximate surface area is 120 Å². The van der Waals surface area contributed by atoms with Gasteiger partial charge in [-0.25, -0.2) is 4.98 Å². The van der Waals surface area contributed by atoms with Crippen LogP contribution in [0.25, 0.3) is 0 Å². The number of nitrogens with zero attached hydrogens (tertiary/aromatic N) is 2. The number of anilines is 1. The molecule has 19 heavy (non-hydrogen) atoms. The summed E-state index contributed by atoms with van der Waals surface area (Å²) in [5, 5.41) is 4.18. The van der Waals surface area contributed by atoms with Crippen molar-refractivity contribution in [1.29, 1.82) is 0 Å². The van der Waals surface area contributed by atoms with Gasteiger partial charge in [-0.15, -0.1) is 0 Å². The second-order valence-electron chi connectivity index (χ2n) is 5.07. The van der Waals surface area contributed by atoms with Crippen molar-refractivity contribution in [3.63, 3.8) is 0 Å². The minimum atomic E-state index is 0.704. The van der Waals surface area contributed by atoms with E-state index in [1.807, 2.05) is 19.3 Å². The predicted molar refractivity (Wildman–Crippen MR) is 78.9 cm³/mol. The summed E-state index contributed by atoms with van der Waals surface area (Å²) in [4.78, 5) is 6.54. The van der Waals surface area contributed by atoms with E-state index in [4.69, 9.17) is 16.3 Å². The van der Waals surface area contributed by atoms with Gasteiger partial charge in [-0.2, -0.15) is 0 Å². The van der Waals surface area contributed by atoms with Crippen LogP contribution in [-0.2, 0) is 11.3 Å². The zero-order valence-corrected chi connectivity index (χ0v) is 12.4. The van der Waals surface area contributed by atoms with E-state index in [0.29, 0.717) is 6.04 Å². The molecule has 0 aliphatic heterocycles. The van der Waals surface area contributed by atoms with Gasteiger partial charge in [0.1, 0.15) is 5.82 Å². The third-order valence-corrected chi connectivity index (χ3v) is 3.53. The Bertz CT molecular complexity index is 410. The van der Waals surface area contributed by atoms with Gasteiger partial charge in [-0.05, 0) is 30.9 Å². The lowest BCUT2D eigenvalue weighted by atomic mass is 10.2. The maximum Gasteiger partial charge on any atom is 0.147 e. The van der Waals surface area contributed by atoms with Crippen LogP contribution in [0.15, 0.2) is 12.3 Å². The zero-order chi connectivity index (χ0) is 13.7. The topological polar surface area (TPSA) is 37.4 Å². The van der Waals surface area contributed by atoms with Crippen LogP contribution in [0.5, 0.6) is 0 Å². The van der Waals surface area contributed by atoms with Crippen LogP contribution in [0.3, 0.4) is 0 Å². The molecule has 1 fully saturated rings. The Morgan fingerprint density at radius 3 is 2.95 bits per heavy atom. The molecule has 1 aliphatic rings. The van der Waals surface area contributed by atoms with Gasteiger partial charge in [0.15, 0.2) is 0 Å². The number of hydrogen-bond donors (Lipinski definition) is 1. The summed E-state index contributed by atoms with van der Waals surface area (Å²) in [5.41, 5.74) is 1.14. The fourth-order valence-electron chi connectivity index (χ4n) is 1.95. The van der Waals surface area contributed by atoms with Crippen molar-refractivity contribution < 1.29 is 4.74 Å². The number of rotatable bonds is 8. The second kappa shape index (κ2) is 7.08. The van der Waals surface area contributed by atoms with Crippen molar-refractivity contribution in [3.05, 3.63) is 22.8 Å². The van der Waals surface area contributed by atoms with Crippen molar-refractivity contribution >= 4 is 17.4 Å². The minimum Gasteiger partial charge on any atom is -0.385 e. The van der Waals surface area contributed by atoms with Crippen molar-refractivity contribution in [2.24, 2.45) is 0 Å². The summed E-state index contributed by atoms with van der Waals surface area (Å²) < 4.78 is 5.05. The quantitative estimate of drug-likeness (QED) is 0.744. The lowest BCUT2D eigenvalue weighted by Gasteiger charge is -2.19. The normalized spacial score (nSPS) is 14.7. The Balaban J connectivity index is 1.89. The average molecular weight is 284 g/mol. The molecule has 5 heteroatoms. The zero-order valence-electron chi connectivity index (χ0n) is 11.7. The molecule has 1 heterocycles. The van der Waals surface area contributed by atoms with Gasteiger partial charge in [0.25, 0.3) is 0 Å². The summed E-state index contributed by atoms with van der Waals surface area (Å²) in [6, 6.07) is 2.71. The van der Waals surface area contributed by atoms with Gasteiger partial charge in [-0.1, -0.05) is 11.6 Å². The first-order valence-corrected chi connectivity index (χ1v) is 7.16. The molecule has 0 saturated heterocycles. The van der Waals surface area contributed by atoms with Crippen LogP contribution >= 0.6 is 11.6 Å². The van der Waals surface area contributed by atoms with Gasteiger partial charge in [0.2, 0.25) is 0 Å². The molecule has 1 aromatic heterocycles. The Morgan fingerprint density at radius 2 is 2.32 bits per heavy atom. The molecular formula is C14H22ClN3O. The van der Waals surface area contributed by atoms with E-state index in [-0.39, 0.29) is 0 Å². The van der Waals surface area contributed by atoms with E-state index in [2.05, 4.69) is 15.2 Å². The lowest BCUT2D eigenvalue weighted by Crippen LogP contribution is -2.21. The maximum atomic E-state index is 6.30. The standard InChI is InChI=1S/C14H22ClN3O/c1-18(6-3-7-19-2)14-13(15)8-11(10-17-14)9-16-12-4-5-12/h8,10,12,16H,3-7,9H2,1-2H3. The smallest absolute Gasteiger partial charge is 0.147 e. The fraction of sp³-hybridized carbons (Fsp3) is 0.643.